The summed E-state index contributed by atoms with van der Waals surface area (Å²) in [7, 11) is 1.55. The first-order valence-corrected chi connectivity index (χ1v) is 11.6. The van der Waals surface area contributed by atoms with Crippen LogP contribution in [-0.2, 0) is 4.74 Å². The van der Waals surface area contributed by atoms with Gasteiger partial charge in [0.25, 0.3) is 0 Å². The highest BCUT2D eigenvalue weighted by molar-refractivity contribution is 5.96. The fourth-order valence-electron chi connectivity index (χ4n) is 4.48. The number of aromatic nitrogens is 4. The van der Waals surface area contributed by atoms with Gasteiger partial charge in [0, 0.05) is 50.7 Å². The van der Waals surface area contributed by atoms with E-state index in [1.165, 1.54) is 12.0 Å². The first kappa shape index (κ1) is 21.8. The second-order valence-corrected chi connectivity index (χ2v) is 9.04. The predicted octanol–water partition coefficient (Wildman–Crippen LogP) is 4.06. The van der Waals surface area contributed by atoms with E-state index < -0.39 is 6.17 Å². The van der Waals surface area contributed by atoms with E-state index in [-0.39, 0.29) is 12.6 Å². The van der Waals surface area contributed by atoms with Gasteiger partial charge >= 0.3 is 0 Å². The van der Waals surface area contributed by atoms with Crippen LogP contribution in [0.4, 0.5) is 27.8 Å². The first-order chi connectivity index (χ1) is 16.0. The van der Waals surface area contributed by atoms with Crippen LogP contribution >= 0.6 is 0 Å². The molecule has 3 aromatic rings. The van der Waals surface area contributed by atoms with Gasteiger partial charge in [0.1, 0.15) is 23.6 Å². The van der Waals surface area contributed by atoms with Crippen molar-refractivity contribution in [2.75, 3.05) is 48.4 Å². The number of alkyl halides is 1. The molecule has 9 heteroatoms. The number of hydrogen-bond acceptors (Lipinski definition) is 8. The summed E-state index contributed by atoms with van der Waals surface area (Å²) in [4.78, 5) is 22.5. The Hall–Kier alpha value is -3.07. The third kappa shape index (κ3) is 4.29. The van der Waals surface area contributed by atoms with Gasteiger partial charge in [-0.05, 0) is 41.8 Å². The molecule has 2 unspecified atom stereocenters. The maximum atomic E-state index is 14.3. The largest absolute Gasteiger partial charge is 0.378 e. The molecule has 174 valence electrons. The molecule has 0 amide bonds. The standard InChI is InChI=1S/C24H30FN7O/c1-15(2)17-12-28-23(31-8-4-9-31)18-13-27-22(11-16(17)18)29-21-5-7-26-24(30-21)32-10-6-20(33-3)19(25)14-32/h5,7,11-13,15,19-20H,4,6,8-10,14H2,1-3H3,(H,26,27,29,30). The Morgan fingerprint density at radius 2 is 1.91 bits per heavy atom. The van der Waals surface area contributed by atoms with Gasteiger partial charge in [-0.25, -0.2) is 19.3 Å². The van der Waals surface area contributed by atoms with Crippen molar-refractivity contribution in [3.05, 3.63) is 36.3 Å². The molecule has 5 rings (SSSR count). The minimum absolute atomic E-state index is 0.222. The van der Waals surface area contributed by atoms with Crippen LogP contribution in [0.2, 0.25) is 0 Å². The molecule has 2 atom stereocenters. The van der Waals surface area contributed by atoms with Crippen molar-refractivity contribution in [3.8, 4) is 0 Å². The van der Waals surface area contributed by atoms with Crippen LogP contribution in [0.3, 0.4) is 0 Å². The lowest BCUT2D eigenvalue weighted by Gasteiger charge is -2.33. The highest BCUT2D eigenvalue weighted by Gasteiger charge is 2.30. The van der Waals surface area contributed by atoms with E-state index in [0.29, 0.717) is 36.5 Å². The summed E-state index contributed by atoms with van der Waals surface area (Å²) in [6.45, 7) is 7.30. The van der Waals surface area contributed by atoms with Gasteiger partial charge in [-0.15, -0.1) is 0 Å². The fourth-order valence-corrected chi connectivity index (χ4v) is 4.48. The number of methoxy groups -OCH3 is 1. The van der Waals surface area contributed by atoms with Gasteiger partial charge in [-0.2, -0.15) is 4.98 Å². The first-order valence-electron chi connectivity index (χ1n) is 11.6. The zero-order valence-electron chi connectivity index (χ0n) is 19.3. The van der Waals surface area contributed by atoms with E-state index in [0.717, 1.165) is 29.7 Å². The molecular weight excluding hydrogens is 421 g/mol. The maximum absolute atomic E-state index is 14.3. The summed E-state index contributed by atoms with van der Waals surface area (Å²) < 4.78 is 19.6. The molecule has 8 nitrogen and oxygen atoms in total. The van der Waals surface area contributed by atoms with Gasteiger partial charge in [0.2, 0.25) is 5.95 Å². The Balaban J connectivity index is 1.41. The van der Waals surface area contributed by atoms with Crippen LogP contribution in [0, 0.1) is 0 Å². The van der Waals surface area contributed by atoms with Gasteiger partial charge in [-0.1, -0.05) is 13.8 Å². The number of rotatable bonds is 6. The molecule has 33 heavy (non-hydrogen) atoms. The number of ether oxygens (including phenoxy) is 1. The summed E-state index contributed by atoms with van der Waals surface area (Å²) in [6, 6.07) is 3.87. The van der Waals surface area contributed by atoms with E-state index in [9.17, 15) is 4.39 Å². The van der Waals surface area contributed by atoms with Crippen LogP contribution in [0.1, 0.15) is 38.2 Å². The van der Waals surface area contributed by atoms with Crippen LogP contribution in [0.5, 0.6) is 0 Å². The molecule has 3 aromatic heterocycles. The monoisotopic (exact) mass is 451 g/mol. The Morgan fingerprint density at radius 3 is 2.61 bits per heavy atom. The maximum Gasteiger partial charge on any atom is 0.227 e. The summed E-state index contributed by atoms with van der Waals surface area (Å²) >= 11 is 0. The minimum atomic E-state index is -1.06. The molecule has 0 bridgehead atoms. The van der Waals surface area contributed by atoms with Gasteiger partial charge < -0.3 is 19.9 Å². The smallest absolute Gasteiger partial charge is 0.227 e. The Bertz CT molecular complexity index is 1140. The molecule has 2 aliphatic rings. The molecule has 0 saturated carbocycles. The van der Waals surface area contributed by atoms with E-state index >= 15 is 0 Å². The Kier molecular flexibility index (Phi) is 5.97. The van der Waals surface area contributed by atoms with E-state index in [4.69, 9.17) is 9.72 Å². The molecule has 2 aliphatic heterocycles. The Labute approximate surface area is 193 Å². The van der Waals surface area contributed by atoms with Crippen molar-refractivity contribution in [1.82, 2.24) is 19.9 Å². The molecule has 0 spiro atoms. The quantitative estimate of drug-likeness (QED) is 0.601. The molecule has 1 N–H and O–H groups in total. The number of nitrogens with one attached hydrogen (secondary N) is 1. The van der Waals surface area contributed by atoms with Crippen molar-refractivity contribution in [3.63, 3.8) is 0 Å². The lowest BCUT2D eigenvalue weighted by molar-refractivity contribution is 0.0194. The van der Waals surface area contributed by atoms with Gasteiger partial charge in [0.15, 0.2) is 0 Å². The SMILES string of the molecule is COC1CCN(c2nccc(Nc3cc4c(C(C)C)cnc(N5CCC5)c4cn3)n2)CC1F. The molecule has 2 fully saturated rings. The summed E-state index contributed by atoms with van der Waals surface area (Å²) in [5, 5.41) is 5.53. The van der Waals surface area contributed by atoms with E-state index in [1.54, 1.807) is 19.4 Å². The Morgan fingerprint density at radius 1 is 1.06 bits per heavy atom. The number of nitrogens with zero attached hydrogens (tertiary/aromatic N) is 6. The summed E-state index contributed by atoms with van der Waals surface area (Å²) in [5.41, 5.74) is 1.19. The number of fused-ring (bicyclic) bond motifs is 1. The van der Waals surface area contributed by atoms with Crippen molar-refractivity contribution >= 4 is 34.2 Å². The number of hydrogen-bond donors (Lipinski definition) is 1. The van der Waals surface area contributed by atoms with Gasteiger partial charge in [-0.3, -0.25) is 0 Å². The zero-order valence-corrected chi connectivity index (χ0v) is 19.3. The van der Waals surface area contributed by atoms with Crippen LogP contribution < -0.4 is 15.1 Å². The van der Waals surface area contributed by atoms with Crippen molar-refractivity contribution in [2.24, 2.45) is 0 Å². The minimum Gasteiger partial charge on any atom is -0.378 e. The van der Waals surface area contributed by atoms with Crippen LogP contribution in [-0.4, -0.2) is 65.5 Å². The fraction of sp³-hybridized carbons (Fsp3) is 0.500. The number of anilines is 4. The average Bonchev–Trinajstić information content (AvgIpc) is 2.78. The normalized spacial score (nSPS) is 20.9. The lowest BCUT2D eigenvalue weighted by Crippen LogP contribution is -2.46. The molecule has 5 heterocycles. The van der Waals surface area contributed by atoms with Crippen LogP contribution in [0.25, 0.3) is 10.8 Å². The van der Waals surface area contributed by atoms with Crippen molar-refractivity contribution < 1.29 is 9.13 Å². The molecule has 0 radical (unpaired) electrons. The molecule has 2 saturated heterocycles. The van der Waals surface area contributed by atoms with E-state index in [2.05, 4.69) is 45.1 Å². The zero-order chi connectivity index (χ0) is 22.9. The molecular formula is C24H30FN7O. The number of piperidine rings is 1. The second-order valence-electron chi connectivity index (χ2n) is 9.04. The second kappa shape index (κ2) is 9.05. The number of halogens is 1. The molecule has 0 aromatic carbocycles. The van der Waals surface area contributed by atoms with Crippen LogP contribution in [0.15, 0.2) is 30.7 Å². The molecule has 0 aliphatic carbocycles. The third-order valence-corrected chi connectivity index (χ3v) is 6.53. The summed E-state index contributed by atoms with van der Waals surface area (Å²) in [6.07, 6.45) is 5.96. The third-order valence-electron chi connectivity index (χ3n) is 6.53. The van der Waals surface area contributed by atoms with Crippen molar-refractivity contribution in [1.29, 1.82) is 0 Å². The summed E-state index contributed by atoms with van der Waals surface area (Å²) in [5.74, 6) is 3.18. The lowest BCUT2D eigenvalue weighted by atomic mass is 9.98. The highest BCUT2D eigenvalue weighted by atomic mass is 19.1. The van der Waals surface area contributed by atoms with Gasteiger partial charge in [0.05, 0.1) is 12.6 Å². The van der Waals surface area contributed by atoms with E-state index in [1.807, 2.05) is 17.3 Å². The highest BCUT2D eigenvalue weighted by Crippen LogP contribution is 2.34. The van der Waals surface area contributed by atoms with Crippen molar-refractivity contribution in [2.45, 2.75) is 44.9 Å². The topological polar surface area (TPSA) is 79.3 Å². The average molecular weight is 452 g/mol. The number of pyridine rings is 2. The predicted molar refractivity (Wildman–Crippen MR) is 128 cm³/mol.